The molecule has 0 spiro atoms. The fourth-order valence-electron chi connectivity index (χ4n) is 3.21. The van der Waals surface area contributed by atoms with Crippen molar-refractivity contribution in [3.63, 3.8) is 0 Å². The van der Waals surface area contributed by atoms with Gasteiger partial charge in [0, 0.05) is 0 Å². The van der Waals surface area contributed by atoms with Crippen LogP contribution in [0.15, 0.2) is 73.3 Å². The predicted octanol–water partition coefficient (Wildman–Crippen LogP) is 3.87. The third-order valence-electron chi connectivity index (χ3n) is 4.79. The minimum Gasteiger partial charge on any atom is -0.386 e. The van der Waals surface area contributed by atoms with Crippen LogP contribution in [0.2, 0.25) is 0 Å². The molecule has 0 saturated carbocycles. The Kier molecular flexibility index (Phi) is 9.11. The van der Waals surface area contributed by atoms with E-state index in [-0.39, 0.29) is 13.2 Å². The lowest BCUT2D eigenvalue weighted by Crippen LogP contribution is -2.54. The van der Waals surface area contributed by atoms with Gasteiger partial charge >= 0.3 is 0 Å². The van der Waals surface area contributed by atoms with Gasteiger partial charge in [0.2, 0.25) is 0 Å². The summed E-state index contributed by atoms with van der Waals surface area (Å²) in [7, 11) is 0. The molecule has 2 aromatic rings. The highest BCUT2D eigenvalue weighted by atomic mass is 16.6. The molecule has 2 aromatic carbocycles. The first-order chi connectivity index (χ1) is 14.0. The van der Waals surface area contributed by atoms with E-state index in [1.165, 1.54) is 6.08 Å². The van der Waals surface area contributed by atoms with Crippen LogP contribution in [0.25, 0.3) is 0 Å². The Labute approximate surface area is 173 Å². The summed E-state index contributed by atoms with van der Waals surface area (Å²) >= 11 is 0. The maximum absolute atomic E-state index is 11.2. The zero-order chi connectivity index (χ0) is 21.1. The molecule has 0 unspecified atom stereocenters. The Hall–Kier alpha value is -2.42. The Balaban J connectivity index is 2.28. The largest absolute Gasteiger partial charge is 0.386 e. The minimum atomic E-state index is -1.59. The first kappa shape index (κ1) is 22.9. The molecule has 0 aliphatic heterocycles. The predicted molar refractivity (Wildman–Crippen MR) is 115 cm³/mol. The summed E-state index contributed by atoms with van der Waals surface area (Å²) in [6.45, 7) is 6.08. The van der Waals surface area contributed by atoms with Gasteiger partial charge < -0.3 is 19.7 Å². The molecule has 0 fully saturated rings. The molecule has 0 saturated heterocycles. The summed E-state index contributed by atoms with van der Waals surface area (Å²) in [6.07, 6.45) is 5.17. The second-order valence-corrected chi connectivity index (χ2v) is 7.02. The molecule has 0 bridgehead atoms. The van der Waals surface area contributed by atoms with Gasteiger partial charge in [0.15, 0.2) is 5.60 Å². The minimum absolute atomic E-state index is 0.230. The highest BCUT2D eigenvalue weighted by molar-refractivity contribution is 5.18. The van der Waals surface area contributed by atoms with Crippen LogP contribution in [-0.2, 0) is 22.7 Å². The number of hydrogen-bond donors (Lipinski definition) is 2. The lowest BCUT2D eigenvalue weighted by molar-refractivity contribution is -0.178. The normalized spacial score (nSPS) is 16.2. The summed E-state index contributed by atoms with van der Waals surface area (Å²) in [5.74, 6) is 2.48. The lowest BCUT2D eigenvalue weighted by atomic mass is 9.86. The van der Waals surface area contributed by atoms with Gasteiger partial charge in [-0.2, -0.15) is 0 Å². The molecule has 154 valence electrons. The van der Waals surface area contributed by atoms with Crippen LogP contribution in [0.3, 0.4) is 0 Å². The monoisotopic (exact) mass is 394 g/mol. The molecule has 2 rings (SSSR count). The van der Waals surface area contributed by atoms with Crippen LogP contribution in [0.1, 0.15) is 30.9 Å². The zero-order valence-electron chi connectivity index (χ0n) is 16.9. The van der Waals surface area contributed by atoms with Crippen molar-refractivity contribution in [1.82, 2.24) is 0 Å². The fraction of sp³-hybridized carbons (Fsp3) is 0.360. The van der Waals surface area contributed by atoms with Crippen LogP contribution >= 0.6 is 0 Å². The van der Waals surface area contributed by atoms with Gasteiger partial charge in [-0.25, -0.2) is 0 Å². The van der Waals surface area contributed by atoms with E-state index in [4.69, 9.17) is 15.9 Å². The van der Waals surface area contributed by atoms with Gasteiger partial charge in [0.05, 0.1) is 13.2 Å². The topological polar surface area (TPSA) is 58.9 Å². The molecule has 4 heteroatoms. The highest BCUT2D eigenvalue weighted by Gasteiger charge is 2.43. The summed E-state index contributed by atoms with van der Waals surface area (Å²) in [5.41, 5.74) is 0.285. The summed E-state index contributed by atoms with van der Waals surface area (Å²) < 4.78 is 12.1. The first-order valence-electron chi connectivity index (χ1n) is 9.86. The van der Waals surface area contributed by atoms with Crippen molar-refractivity contribution in [3.05, 3.63) is 84.4 Å². The average Bonchev–Trinajstić information content (AvgIpc) is 2.77. The highest BCUT2D eigenvalue weighted by Crippen LogP contribution is 2.28. The molecule has 0 aliphatic carbocycles. The Morgan fingerprint density at radius 1 is 1.03 bits per heavy atom. The number of rotatable bonds is 12. The summed E-state index contributed by atoms with van der Waals surface area (Å²) in [4.78, 5) is 0. The zero-order valence-corrected chi connectivity index (χ0v) is 16.9. The molecule has 2 N–H and O–H groups in total. The van der Waals surface area contributed by atoms with Crippen molar-refractivity contribution in [3.8, 4) is 12.3 Å². The van der Waals surface area contributed by atoms with Crippen LogP contribution in [0.4, 0.5) is 0 Å². The fourth-order valence-corrected chi connectivity index (χ4v) is 3.21. The molecule has 4 atom stereocenters. The van der Waals surface area contributed by atoms with Crippen molar-refractivity contribution < 1.29 is 19.7 Å². The summed E-state index contributed by atoms with van der Waals surface area (Å²) in [5, 5.41) is 21.8. The molecule has 0 amide bonds. The van der Waals surface area contributed by atoms with Crippen molar-refractivity contribution in [2.24, 2.45) is 0 Å². The van der Waals surface area contributed by atoms with E-state index in [9.17, 15) is 10.2 Å². The van der Waals surface area contributed by atoms with E-state index in [1.807, 2.05) is 67.6 Å². The molecule has 0 radical (unpaired) electrons. The van der Waals surface area contributed by atoms with E-state index in [0.717, 1.165) is 11.1 Å². The van der Waals surface area contributed by atoms with Gasteiger partial charge in [-0.05, 0) is 17.5 Å². The van der Waals surface area contributed by atoms with E-state index >= 15 is 0 Å². The van der Waals surface area contributed by atoms with E-state index in [1.54, 1.807) is 0 Å². The number of ether oxygens (including phenoxy) is 2. The number of aliphatic hydroxyl groups is 2. The molecule has 0 heterocycles. The smallest absolute Gasteiger partial charge is 0.153 e. The number of terminal acetylenes is 1. The number of hydrogen-bond acceptors (Lipinski definition) is 4. The quantitative estimate of drug-likeness (QED) is 0.424. The standard InChI is InChI=1S/C25H30O4/c1-4-17-25(27,6-3)24(29-19-21-15-11-8-12-16-21)23(22(26)5-2)28-18-20-13-9-7-10-14-20/h3,5,7-16,22-24,26-27H,2,4,17-19H2,1H3/t22-,23+,24-,25+/m1/s1. The Morgan fingerprint density at radius 3 is 2.00 bits per heavy atom. The second-order valence-electron chi connectivity index (χ2n) is 7.02. The van der Waals surface area contributed by atoms with Crippen molar-refractivity contribution in [2.45, 2.75) is 56.9 Å². The molecule has 0 aromatic heterocycles. The third kappa shape index (κ3) is 6.56. The van der Waals surface area contributed by atoms with Crippen LogP contribution in [-0.4, -0.2) is 34.1 Å². The number of benzene rings is 2. The molecular weight excluding hydrogens is 364 g/mol. The van der Waals surface area contributed by atoms with Gasteiger partial charge in [0.1, 0.15) is 18.3 Å². The maximum atomic E-state index is 11.2. The van der Waals surface area contributed by atoms with Gasteiger partial charge in [-0.3, -0.25) is 0 Å². The Bertz CT molecular complexity index is 768. The third-order valence-corrected chi connectivity index (χ3v) is 4.79. The van der Waals surface area contributed by atoms with E-state index in [0.29, 0.717) is 12.8 Å². The van der Waals surface area contributed by atoms with Gasteiger partial charge in [0.25, 0.3) is 0 Å². The maximum Gasteiger partial charge on any atom is 0.153 e. The van der Waals surface area contributed by atoms with Crippen LogP contribution < -0.4 is 0 Å². The molecule has 4 nitrogen and oxygen atoms in total. The van der Waals surface area contributed by atoms with Crippen molar-refractivity contribution in [1.29, 1.82) is 0 Å². The van der Waals surface area contributed by atoms with Gasteiger partial charge in [-0.1, -0.05) is 86.0 Å². The van der Waals surface area contributed by atoms with Gasteiger partial charge in [-0.15, -0.1) is 13.0 Å². The van der Waals surface area contributed by atoms with E-state index in [2.05, 4.69) is 12.5 Å². The SMILES string of the molecule is C#C[C@](O)(CCC)[C@H](OCc1ccccc1)[C@@H](OCc1ccccc1)[C@H](O)C=C. The van der Waals surface area contributed by atoms with Crippen molar-refractivity contribution in [2.75, 3.05) is 0 Å². The molecular formula is C25H30O4. The average molecular weight is 395 g/mol. The molecule has 0 aliphatic rings. The first-order valence-corrected chi connectivity index (χ1v) is 9.86. The van der Waals surface area contributed by atoms with Crippen LogP contribution in [0, 0.1) is 12.3 Å². The summed E-state index contributed by atoms with van der Waals surface area (Å²) in [6, 6.07) is 19.2. The van der Waals surface area contributed by atoms with Crippen molar-refractivity contribution >= 4 is 0 Å². The number of aliphatic hydroxyl groups excluding tert-OH is 1. The Morgan fingerprint density at radius 2 is 1.55 bits per heavy atom. The lowest BCUT2D eigenvalue weighted by Gasteiger charge is -2.38. The van der Waals surface area contributed by atoms with E-state index < -0.39 is 23.9 Å². The van der Waals surface area contributed by atoms with Crippen LogP contribution in [0.5, 0.6) is 0 Å². The molecule has 29 heavy (non-hydrogen) atoms. The second kappa shape index (κ2) is 11.5.